The Labute approximate surface area is 154 Å². The molecule has 1 N–H and O–H groups in total. The van der Waals surface area contributed by atoms with Crippen molar-refractivity contribution in [3.8, 4) is 0 Å². The van der Waals surface area contributed by atoms with Crippen LogP contribution in [0.4, 0.5) is 24.5 Å². The summed E-state index contributed by atoms with van der Waals surface area (Å²) >= 11 is 0. The number of nitrogens with one attached hydrogen (secondary N) is 1. The topological polar surface area (TPSA) is 66.5 Å². The Morgan fingerprint density at radius 3 is 2.41 bits per heavy atom. The van der Waals surface area contributed by atoms with Gasteiger partial charge in [0.05, 0.1) is 10.5 Å². The number of sulfonamides is 1. The van der Waals surface area contributed by atoms with Gasteiger partial charge in [-0.15, -0.1) is 0 Å². The van der Waals surface area contributed by atoms with Gasteiger partial charge in [0.1, 0.15) is 0 Å². The molecule has 0 atom stereocenters. The van der Waals surface area contributed by atoms with Gasteiger partial charge in [-0.3, -0.25) is 9.52 Å². The molecule has 0 saturated carbocycles. The zero-order valence-corrected chi connectivity index (χ0v) is 15.2. The lowest BCUT2D eigenvalue weighted by molar-refractivity contribution is -0.137. The molecule has 0 aromatic heterocycles. The minimum atomic E-state index is -4.49. The first-order valence-corrected chi connectivity index (χ1v) is 9.73. The standard InChI is InChI=1S/C18H17F3N2O3S/c1-2-17(24)23-10-9-12-11-15(7-8-16(12)23)27(25,26)22-14-5-3-13(4-6-14)18(19,20)21/h3-8,11,22H,2,9-10H2,1H3. The molecule has 0 bridgehead atoms. The molecule has 0 fully saturated rings. The number of carbonyl (C=O) groups excluding carboxylic acids is 1. The maximum absolute atomic E-state index is 12.6. The molecule has 1 aliphatic heterocycles. The molecule has 27 heavy (non-hydrogen) atoms. The molecule has 0 spiro atoms. The average molecular weight is 398 g/mol. The van der Waals surface area contributed by atoms with Gasteiger partial charge in [-0.2, -0.15) is 13.2 Å². The number of carbonyl (C=O) groups is 1. The number of fused-ring (bicyclic) bond motifs is 1. The second-order valence-corrected chi connectivity index (χ2v) is 7.80. The molecule has 0 radical (unpaired) electrons. The van der Waals surface area contributed by atoms with Gasteiger partial charge < -0.3 is 4.90 Å². The lowest BCUT2D eigenvalue weighted by Crippen LogP contribution is -2.27. The Morgan fingerprint density at radius 1 is 1.15 bits per heavy atom. The highest BCUT2D eigenvalue weighted by Crippen LogP contribution is 2.32. The fraction of sp³-hybridized carbons (Fsp3) is 0.278. The zero-order valence-electron chi connectivity index (χ0n) is 14.4. The molecule has 9 heteroatoms. The molecule has 5 nitrogen and oxygen atoms in total. The first-order chi connectivity index (χ1) is 12.6. The van der Waals surface area contributed by atoms with Crippen LogP contribution in [0.2, 0.25) is 0 Å². The smallest absolute Gasteiger partial charge is 0.312 e. The van der Waals surface area contributed by atoms with Crippen LogP contribution < -0.4 is 9.62 Å². The summed E-state index contributed by atoms with van der Waals surface area (Å²) in [6.07, 6.45) is -3.58. The van der Waals surface area contributed by atoms with E-state index < -0.39 is 21.8 Å². The molecule has 0 saturated heterocycles. The maximum atomic E-state index is 12.6. The van der Waals surface area contributed by atoms with Crippen molar-refractivity contribution in [1.82, 2.24) is 0 Å². The Morgan fingerprint density at radius 2 is 1.81 bits per heavy atom. The van der Waals surface area contributed by atoms with Gasteiger partial charge in [0.25, 0.3) is 10.0 Å². The quantitative estimate of drug-likeness (QED) is 0.852. The molecule has 3 rings (SSSR count). The van der Waals surface area contributed by atoms with Gasteiger partial charge in [0.15, 0.2) is 0 Å². The van der Waals surface area contributed by atoms with Gasteiger partial charge in [-0.1, -0.05) is 6.92 Å². The van der Waals surface area contributed by atoms with Crippen LogP contribution in [0.1, 0.15) is 24.5 Å². The maximum Gasteiger partial charge on any atom is 0.416 e. The molecule has 2 aromatic rings. The molecule has 1 aliphatic rings. The van der Waals surface area contributed by atoms with Crippen molar-refractivity contribution in [2.45, 2.75) is 30.8 Å². The van der Waals surface area contributed by atoms with Gasteiger partial charge in [0.2, 0.25) is 5.91 Å². The van der Waals surface area contributed by atoms with Crippen molar-refractivity contribution in [2.24, 2.45) is 0 Å². The fourth-order valence-corrected chi connectivity index (χ4v) is 4.05. The van der Waals surface area contributed by atoms with E-state index in [9.17, 15) is 26.4 Å². The predicted molar refractivity (Wildman–Crippen MR) is 95.0 cm³/mol. The van der Waals surface area contributed by atoms with Gasteiger partial charge in [0, 0.05) is 24.3 Å². The third-order valence-corrected chi connectivity index (χ3v) is 5.70. The van der Waals surface area contributed by atoms with E-state index in [-0.39, 0.29) is 16.5 Å². The van der Waals surface area contributed by atoms with Gasteiger partial charge in [-0.05, 0) is 54.4 Å². The summed E-state index contributed by atoms with van der Waals surface area (Å²) in [5.74, 6) is -0.0350. The van der Waals surface area contributed by atoms with Gasteiger partial charge in [-0.25, -0.2) is 8.42 Å². The van der Waals surface area contributed by atoms with Crippen molar-refractivity contribution < 1.29 is 26.4 Å². The molecule has 2 aromatic carbocycles. The summed E-state index contributed by atoms with van der Waals surface area (Å²) in [7, 11) is -3.96. The van der Waals surface area contributed by atoms with Crippen molar-refractivity contribution in [3.05, 3.63) is 53.6 Å². The van der Waals surface area contributed by atoms with Crippen molar-refractivity contribution >= 4 is 27.3 Å². The second kappa shape index (κ2) is 6.88. The summed E-state index contributed by atoms with van der Waals surface area (Å²) < 4.78 is 65.1. The van der Waals surface area contributed by atoms with Crippen LogP contribution in [0.25, 0.3) is 0 Å². The molecular weight excluding hydrogens is 381 g/mol. The largest absolute Gasteiger partial charge is 0.416 e. The van der Waals surface area contributed by atoms with E-state index in [1.807, 2.05) is 0 Å². The molecular formula is C18H17F3N2O3S. The monoisotopic (exact) mass is 398 g/mol. The van der Waals surface area contributed by atoms with Crippen LogP contribution in [0.5, 0.6) is 0 Å². The van der Waals surface area contributed by atoms with Gasteiger partial charge >= 0.3 is 6.18 Å². The van der Waals surface area contributed by atoms with E-state index in [1.165, 1.54) is 12.1 Å². The normalized spacial score (nSPS) is 14.1. The number of anilines is 2. The predicted octanol–water partition coefficient (Wildman–Crippen LogP) is 3.81. The second-order valence-electron chi connectivity index (χ2n) is 6.12. The number of amides is 1. The Balaban J connectivity index is 1.83. The van der Waals surface area contributed by atoms with Crippen LogP contribution in [-0.2, 0) is 27.4 Å². The highest BCUT2D eigenvalue weighted by molar-refractivity contribution is 7.92. The van der Waals surface area contributed by atoms with E-state index >= 15 is 0 Å². The van der Waals surface area contributed by atoms with Crippen molar-refractivity contribution in [1.29, 1.82) is 0 Å². The van der Waals surface area contributed by atoms with Crippen LogP contribution in [0, 0.1) is 0 Å². The number of halogens is 3. The Bertz CT molecular complexity index is 970. The van der Waals surface area contributed by atoms with E-state index in [0.717, 1.165) is 29.8 Å². The third-order valence-electron chi connectivity index (χ3n) is 4.32. The minimum absolute atomic E-state index is 0.00746. The number of benzene rings is 2. The van der Waals surface area contributed by atoms with E-state index in [4.69, 9.17) is 0 Å². The summed E-state index contributed by atoms with van der Waals surface area (Å²) in [4.78, 5) is 13.5. The number of alkyl halides is 3. The first kappa shape index (κ1) is 19.2. The highest BCUT2D eigenvalue weighted by Gasteiger charge is 2.30. The zero-order chi connectivity index (χ0) is 19.8. The van der Waals surface area contributed by atoms with E-state index in [2.05, 4.69) is 4.72 Å². The summed E-state index contributed by atoms with van der Waals surface area (Å²) in [5, 5.41) is 0. The lowest BCUT2D eigenvalue weighted by Gasteiger charge is -2.16. The van der Waals surface area contributed by atoms with Crippen LogP contribution in [-0.4, -0.2) is 20.9 Å². The number of hydrogen-bond donors (Lipinski definition) is 1. The SMILES string of the molecule is CCC(=O)N1CCc2cc(S(=O)(=O)Nc3ccc(C(F)(F)F)cc3)ccc21. The number of nitrogens with zero attached hydrogens (tertiary/aromatic N) is 1. The van der Waals surface area contributed by atoms with Crippen molar-refractivity contribution in [3.63, 3.8) is 0 Å². The Hall–Kier alpha value is -2.55. The van der Waals surface area contributed by atoms with E-state index in [0.29, 0.717) is 25.1 Å². The van der Waals surface area contributed by atoms with Crippen LogP contribution in [0.15, 0.2) is 47.4 Å². The minimum Gasteiger partial charge on any atom is -0.312 e. The molecule has 144 valence electrons. The average Bonchev–Trinajstić information content (AvgIpc) is 3.03. The first-order valence-electron chi connectivity index (χ1n) is 8.25. The summed E-state index contributed by atoms with van der Waals surface area (Å²) in [5.41, 5.74) is 0.609. The van der Waals surface area contributed by atoms with Crippen molar-refractivity contribution in [2.75, 3.05) is 16.2 Å². The Kier molecular flexibility index (Phi) is 4.90. The van der Waals surface area contributed by atoms with E-state index in [1.54, 1.807) is 17.9 Å². The summed E-state index contributed by atoms with van der Waals surface area (Å²) in [6, 6.07) is 8.21. The molecule has 1 amide bonds. The fourth-order valence-electron chi connectivity index (χ4n) is 2.94. The number of hydrogen-bond acceptors (Lipinski definition) is 3. The molecule has 0 unspecified atom stereocenters. The lowest BCUT2D eigenvalue weighted by atomic mass is 10.2. The highest BCUT2D eigenvalue weighted by atomic mass is 32.2. The summed E-state index contributed by atoms with van der Waals surface area (Å²) in [6.45, 7) is 2.25. The third kappa shape index (κ3) is 3.92. The number of rotatable bonds is 4. The van der Waals surface area contributed by atoms with Crippen LogP contribution in [0.3, 0.4) is 0 Å². The molecule has 0 aliphatic carbocycles. The molecule has 1 heterocycles. The van der Waals surface area contributed by atoms with Crippen LogP contribution >= 0.6 is 0 Å².